The van der Waals surface area contributed by atoms with Gasteiger partial charge in [0.2, 0.25) is 0 Å². The number of amides is 2. The summed E-state index contributed by atoms with van der Waals surface area (Å²) in [6.45, 7) is 2.04. The van der Waals surface area contributed by atoms with Gasteiger partial charge in [0.25, 0.3) is 0 Å². The first-order valence-corrected chi connectivity index (χ1v) is 10.1. The maximum Gasteiger partial charge on any atom is 0.322 e. The summed E-state index contributed by atoms with van der Waals surface area (Å²) >= 11 is 5.85. The molecule has 0 saturated carbocycles. The fourth-order valence-electron chi connectivity index (χ4n) is 2.85. The van der Waals surface area contributed by atoms with Crippen molar-refractivity contribution in [2.24, 2.45) is 0 Å². The molecule has 1 fully saturated rings. The van der Waals surface area contributed by atoms with E-state index in [0.29, 0.717) is 22.9 Å². The van der Waals surface area contributed by atoms with Crippen LogP contribution in [-0.4, -0.2) is 36.9 Å². The van der Waals surface area contributed by atoms with Crippen molar-refractivity contribution >= 4 is 33.2 Å². The van der Waals surface area contributed by atoms with Crippen molar-refractivity contribution in [2.75, 3.05) is 16.8 Å². The second-order valence-electron chi connectivity index (χ2n) is 6.13. The molecular formula is C17H19ClN2O4S. The lowest BCUT2D eigenvalue weighted by Crippen LogP contribution is -2.43. The molecule has 8 heteroatoms. The zero-order valence-electron chi connectivity index (χ0n) is 13.7. The van der Waals surface area contributed by atoms with Gasteiger partial charge in [-0.15, -0.1) is 0 Å². The van der Waals surface area contributed by atoms with E-state index in [9.17, 15) is 13.2 Å². The van der Waals surface area contributed by atoms with E-state index in [1.165, 1.54) is 4.90 Å². The molecule has 25 heavy (non-hydrogen) atoms. The van der Waals surface area contributed by atoms with Crippen molar-refractivity contribution in [1.82, 2.24) is 4.90 Å². The Bertz CT molecular complexity index is 861. The summed E-state index contributed by atoms with van der Waals surface area (Å²) in [5, 5.41) is 3.36. The highest BCUT2D eigenvalue weighted by molar-refractivity contribution is 7.91. The lowest BCUT2D eigenvalue weighted by atomic mass is 10.2. The van der Waals surface area contributed by atoms with Crippen LogP contribution in [-0.2, 0) is 16.4 Å². The van der Waals surface area contributed by atoms with Crippen LogP contribution in [0, 0.1) is 6.92 Å². The minimum Gasteiger partial charge on any atom is -0.464 e. The first-order chi connectivity index (χ1) is 11.8. The molecule has 1 aliphatic heterocycles. The molecule has 0 radical (unpaired) electrons. The van der Waals surface area contributed by atoms with E-state index in [-0.39, 0.29) is 30.1 Å². The predicted molar refractivity (Wildman–Crippen MR) is 96.5 cm³/mol. The highest BCUT2D eigenvalue weighted by Gasteiger charge is 2.35. The standard InChI is InChI=1S/C17H19ClN2O4S/c1-12-2-7-16(24-12)10-20(15-8-9-25(22,23)11-15)17(21)19-14-5-3-13(18)4-6-14/h2-7,15H,8-11H2,1H3,(H,19,21). The zero-order valence-corrected chi connectivity index (χ0v) is 15.3. The molecule has 0 spiro atoms. The molecule has 1 aromatic heterocycles. The third-order valence-electron chi connectivity index (χ3n) is 4.13. The average molecular weight is 383 g/mol. The van der Waals surface area contributed by atoms with Gasteiger partial charge in [-0.3, -0.25) is 0 Å². The predicted octanol–water partition coefficient (Wildman–Crippen LogP) is 3.46. The smallest absolute Gasteiger partial charge is 0.322 e. The second-order valence-corrected chi connectivity index (χ2v) is 8.80. The highest BCUT2D eigenvalue weighted by Crippen LogP contribution is 2.22. The molecule has 0 bridgehead atoms. The van der Waals surface area contributed by atoms with Gasteiger partial charge in [0.05, 0.1) is 18.1 Å². The number of nitrogens with one attached hydrogen (secondary N) is 1. The Hall–Kier alpha value is -1.99. The normalized spacial score (nSPS) is 18.9. The van der Waals surface area contributed by atoms with Crippen molar-refractivity contribution in [3.05, 3.63) is 52.9 Å². The van der Waals surface area contributed by atoms with E-state index in [4.69, 9.17) is 16.0 Å². The molecule has 1 saturated heterocycles. The van der Waals surface area contributed by atoms with Gasteiger partial charge in [0.15, 0.2) is 9.84 Å². The molecular weight excluding hydrogens is 364 g/mol. The van der Waals surface area contributed by atoms with E-state index in [0.717, 1.165) is 5.76 Å². The Morgan fingerprint density at radius 1 is 1.28 bits per heavy atom. The lowest BCUT2D eigenvalue weighted by molar-refractivity contribution is 0.183. The van der Waals surface area contributed by atoms with Crippen molar-refractivity contribution in [2.45, 2.75) is 25.9 Å². The van der Waals surface area contributed by atoms with Gasteiger partial charge in [-0.1, -0.05) is 11.6 Å². The van der Waals surface area contributed by atoms with Crippen molar-refractivity contribution in [3.8, 4) is 0 Å². The molecule has 1 aliphatic rings. The molecule has 1 aromatic carbocycles. The maximum absolute atomic E-state index is 12.8. The number of carbonyl (C=O) groups excluding carboxylic acids is 1. The molecule has 2 aromatic rings. The Morgan fingerprint density at radius 3 is 2.56 bits per heavy atom. The van der Waals surface area contributed by atoms with Crippen LogP contribution in [0.1, 0.15) is 17.9 Å². The van der Waals surface area contributed by atoms with Crippen LogP contribution in [0.25, 0.3) is 0 Å². The summed E-state index contributed by atoms with van der Waals surface area (Å²) in [5.41, 5.74) is 0.593. The monoisotopic (exact) mass is 382 g/mol. The van der Waals surface area contributed by atoms with Crippen molar-refractivity contribution in [3.63, 3.8) is 0 Å². The third kappa shape index (κ3) is 4.55. The zero-order chi connectivity index (χ0) is 18.0. The van der Waals surface area contributed by atoms with E-state index in [1.807, 2.05) is 13.0 Å². The molecule has 3 rings (SSSR count). The summed E-state index contributed by atoms with van der Waals surface area (Å²) < 4.78 is 29.2. The van der Waals surface area contributed by atoms with E-state index >= 15 is 0 Å². The number of aryl methyl sites for hydroxylation is 1. The third-order valence-corrected chi connectivity index (χ3v) is 6.13. The summed E-state index contributed by atoms with van der Waals surface area (Å²) in [5.74, 6) is 1.43. The second kappa shape index (κ2) is 7.09. The molecule has 1 N–H and O–H groups in total. The number of anilines is 1. The Balaban J connectivity index is 1.79. The largest absolute Gasteiger partial charge is 0.464 e. The van der Waals surface area contributed by atoms with Gasteiger partial charge >= 0.3 is 6.03 Å². The van der Waals surface area contributed by atoms with Crippen molar-refractivity contribution in [1.29, 1.82) is 0 Å². The van der Waals surface area contributed by atoms with Crippen LogP contribution >= 0.6 is 11.6 Å². The highest BCUT2D eigenvalue weighted by atomic mass is 35.5. The van der Waals surface area contributed by atoms with Gasteiger partial charge < -0.3 is 14.6 Å². The fourth-order valence-corrected chi connectivity index (χ4v) is 4.71. The minimum atomic E-state index is -3.11. The molecule has 1 atom stereocenters. The van der Waals surface area contributed by atoms with Crippen LogP contribution < -0.4 is 5.32 Å². The fraction of sp³-hybridized carbons (Fsp3) is 0.353. The molecule has 2 heterocycles. The Morgan fingerprint density at radius 2 is 2.00 bits per heavy atom. The summed E-state index contributed by atoms with van der Waals surface area (Å²) in [7, 11) is -3.11. The Labute approximate surface area is 151 Å². The maximum atomic E-state index is 12.8. The van der Waals surface area contributed by atoms with Gasteiger partial charge in [0, 0.05) is 16.8 Å². The first-order valence-electron chi connectivity index (χ1n) is 7.91. The van der Waals surface area contributed by atoms with Crippen LogP contribution in [0.2, 0.25) is 5.02 Å². The summed E-state index contributed by atoms with van der Waals surface area (Å²) in [4.78, 5) is 14.3. The van der Waals surface area contributed by atoms with E-state index in [1.54, 1.807) is 30.3 Å². The first kappa shape index (κ1) is 17.8. The number of nitrogens with zero attached hydrogens (tertiary/aromatic N) is 1. The quantitative estimate of drug-likeness (QED) is 0.878. The molecule has 134 valence electrons. The molecule has 2 amide bonds. The number of benzene rings is 1. The van der Waals surface area contributed by atoms with Crippen LogP contribution in [0.15, 0.2) is 40.8 Å². The molecule has 1 unspecified atom stereocenters. The number of halogens is 1. The number of hydrogen-bond donors (Lipinski definition) is 1. The number of sulfone groups is 1. The van der Waals surface area contributed by atoms with Gasteiger partial charge in [-0.05, 0) is 49.7 Å². The molecule has 6 nitrogen and oxygen atoms in total. The van der Waals surface area contributed by atoms with Gasteiger partial charge in [0.1, 0.15) is 11.5 Å². The minimum absolute atomic E-state index is 0.0271. The lowest BCUT2D eigenvalue weighted by Gasteiger charge is -2.27. The summed E-state index contributed by atoms with van der Waals surface area (Å²) in [6.07, 6.45) is 0.427. The Kier molecular flexibility index (Phi) is 5.06. The van der Waals surface area contributed by atoms with Gasteiger partial charge in [-0.25, -0.2) is 13.2 Å². The van der Waals surface area contributed by atoms with E-state index < -0.39 is 9.84 Å². The SMILES string of the molecule is Cc1ccc(CN(C(=O)Nc2ccc(Cl)cc2)C2CCS(=O)(=O)C2)o1. The van der Waals surface area contributed by atoms with Crippen LogP contribution in [0.5, 0.6) is 0 Å². The van der Waals surface area contributed by atoms with Gasteiger partial charge in [-0.2, -0.15) is 0 Å². The summed E-state index contributed by atoms with van der Waals surface area (Å²) in [6, 6.07) is 9.62. The van der Waals surface area contributed by atoms with Crippen LogP contribution in [0.4, 0.5) is 10.5 Å². The topological polar surface area (TPSA) is 79.6 Å². The number of urea groups is 1. The van der Waals surface area contributed by atoms with Crippen molar-refractivity contribution < 1.29 is 17.6 Å². The number of furan rings is 1. The van der Waals surface area contributed by atoms with Crippen LogP contribution in [0.3, 0.4) is 0 Å². The number of carbonyl (C=O) groups is 1. The molecule has 0 aliphatic carbocycles. The van der Waals surface area contributed by atoms with E-state index in [2.05, 4.69) is 5.32 Å². The number of hydrogen-bond acceptors (Lipinski definition) is 4. The number of rotatable bonds is 4. The average Bonchev–Trinajstić information content (AvgIpc) is 3.12.